The van der Waals surface area contributed by atoms with Gasteiger partial charge in [-0.15, -0.1) is 0 Å². The minimum Gasteiger partial charge on any atom is -0.390 e. The predicted molar refractivity (Wildman–Crippen MR) is 149 cm³/mol. The fourth-order valence-corrected chi connectivity index (χ4v) is 4.87. The first-order valence-electron chi connectivity index (χ1n) is 13.9. The van der Waals surface area contributed by atoms with Crippen LogP contribution in [0.4, 0.5) is 0 Å². The molecule has 1 saturated heterocycles. The van der Waals surface area contributed by atoms with Crippen LogP contribution in [0.25, 0.3) is 0 Å². The summed E-state index contributed by atoms with van der Waals surface area (Å²) in [6.45, 7) is 9.96. The van der Waals surface area contributed by atoms with Crippen LogP contribution in [0, 0.1) is 0 Å². The number of benzene rings is 2. The highest BCUT2D eigenvalue weighted by molar-refractivity contribution is 5.99. The highest BCUT2D eigenvalue weighted by atomic mass is 16.3. The number of nitrogens with zero attached hydrogens (tertiary/aromatic N) is 2. The lowest BCUT2D eigenvalue weighted by Gasteiger charge is -2.26. The van der Waals surface area contributed by atoms with Gasteiger partial charge in [0, 0.05) is 43.9 Å². The molecule has 202 valence electrons. The van der Waals surface area contributed by atoms with Crippen LogP contribution in [0.5, 0.6) is 0 Å². The van der Waals surface area contributed by atoms with E-state index in [0.29, 0.717) is 37.2 Å². The van der Waals surface area contributed by atoms with Crippen molar-refractivity contribution in [3.8, 4) is 0 Å². The van der Waals surface area contributed by atoms with Crippen molar-refractivity contribution in [3.05, 3.63) is 71.3 Å². The van der Waals surface area contributed by atoms with Gasteiger partial charge in [0.15, 0.2) is 0 Å². The Morgan fingerprint density at radius 3 is 2.32 bits per heavy atom. The summed E-state index contributed by atoms with van der Waals surface area (Å²) in [5.74, 6) is -0.342. The van der Waals surface area contributed by atoms with Gasteiger partial charge in [-0.1, -0.05) is 50.2 Å². The van der Waals surface area contributed by atoms with Gasteiger partial charge in [0.2, 0.25) is 0 Å². The zero-order chi connectivity index (χ0) is 26.5. The summed E-state index contributed by atoms with van der Waals surface area (Å²) in [4.78, 5) is 30.6. The van der Waals surface area contributed by atoms with Crippen LogP contribution in [-0.2, 0) is 6.42 Å². The number of carbonyl (C=O) groups excluding carboxylic acids is 2. The number of aliphatic hydroxyl groups is 1. The third-order valence-electron chi connectivity index (χ3n) is 6.88. The highest BCUT2D eigenvalue weighted by Gasteiger charge is 2.23. The summed E-state index contributed by atoms with van der Waals surface area (Å²) in [7, 11) is 0. The van der Waals surface area contributed by atoms with Crippen LogP contribution in [0.3, 0.4) is 0 Å². The lowest BCUT2D eigenvalue weighted by Crippen LogP contribution is -2.49. The number of nitrogens with one attached hydrogen (secondary N) is 2. The zero-order valence-electron chi connectivity index (χ0n) is 22.5. The van der Waals surface area contributed by atoms with Crippen molar-refractivity contribution < 1.29 is 14.7 Å². The van der Waals surface area contributed by atoms with Gasteiger partial charge < -0.3 is 25.5 Å². The zero-order valence-corrected chi connectivity index (χ0v) is 22.5. The van der Waals surface area contributed by atoms with Crippen molar-refractivity contribution in [2.24, 2.45) is 0 Å². The predicted octanol–water partition coefficient (Wildman–Crippen LogP) is 3.34. The van der Waals surface area contributed by atoms with E-state index in [1.165, 1.54) is 12.8 Å². The number of hydrogen-bond acceptors (Lipinski definition) is 5. The lowest BCUT2D eigenvalue weighted by molar-refractivity contribution is 0.0755. The van der Waals surface area contributed by atoms with Gasteiger partial charge in [0.1, 0.15) is 0 Å². The van der Waals surface area contributed by atoms with Crippen LogP contribution in [0.15, 0.2) is 54.6 Å². The van der Waals surface area contributed by atoms with Gasteiger partial charge in [0.05, 0.1) is 12.1 Å². The van der Waals surface area contributed by atoms with Crippen molar-refractivity contribution in [2.45, 2.75) is 58.1 Å². The fourth-order valence-electron chi connectivity index (χ4n) is 4.87. The number of amides is 2. The Labute approximate surface area is 222 Å². The first-order valence-corrected chi connectivity index (χ1v) is 13.9. The molecule has 0 aromatic heterocycles. The number of likely N-dealkylation sites (tertiary alicyclic amines) is 1. The molecule has 1 aliphatic heterocycles. The summed E-state index contributed by atoms with van der Waals surface area (Å²) in [6.07, 6.45) is 4.05. The van der Waals surface area contributed by atoms with Crippen LogP contribution in [0.2, 0.25) is 0 Å². The van der Waals surface area contributed by atoms with Crippen LogP contribution < -0.4 is 10.6 Å². The molecule has 7 nitrogen and oxygen atoms in total. The summed E-state index contributed by atoms with van der Waals surface area (Å²) in [5.41, 5.74) is 1.98. The molecule has 2 aromatic carbocycles. The lowest BCUT2D eigenvalue weighted by atomic mass is 10.00. The smallest absolute Gasteiger partial charge is 0.253 e. The van der Waals surface area contributed by atoms with E-state index in [-0.39, 0.29) is 11.8 Å². The van der Waals surface area contributed by atoms with E-state index in [1.54, 1.807) is 24.3 Å². The van der Waals surface area contributed by atoms with Crippen LogP contribution in [0.1, 0.15) is 65.8 Å². The minimum atomic E-state index is -0.753. The van der Waals surface area contributed by atoms with E-state index in [4.69, 9.17) is 0 Å². The van der Waals surface area contributed by atoms with E-state index in [0.717, 1.165) is 44.6 Å². The molecule has 0 radical (unpaired) electrons. The van der Waals surface area contributed by atoms with E-state index in [1.807, 2.05) is 35.2 Å². The van der Waals surface area contributed by atoms with Crippen molar-refractivity contribution in [1.82, 2.24) is 20.4 Å². The molecule has 2 amide bonds. The summed E-state index contributed by atoms with van der Waals surface area (Å²) < 4.78 is 0. The fraction of sp³-hybridized carbons (Fsp3) is 0.533. The quantitative estimate of drug-likeness (QED) is 0.322. The standard InChI is InChI=1S/C30H44N4O3/c1-3-16-34(17-4-2)30(37)26-14-10-13-25(22-26)29(36)32-27(21-24-11-6-5-7-12-24)28(35)23-31-15-20-33-18-8-9-19-33/h5-7,10-14,22,27-28,31,35H,3-4,8-9,15-21,23H2,1-2H3,(H,32,36)/t27-,28+/m0/s1. The number of carbonyl (C=O) groups is 2. The third kappa shape index (κ3) is 9.26. The highest BCUT2D eigenvalue weighted by Crippen LogP contribution is 2.12. The van der Waals surface area contributed by atoms with Gasteiger partial charge in [-0.25, -0.2) is 0 Å². The Hall–Kier alpha value is -2.74. The first kappa shape index (κ1) is 28.8. The maximum atomic E-state index is 13.3. The minimum absolute atomic E-state index is 0.0542. The second-order valence-electron chi connectivity index (χ2n) is 9.96. The van der Waals surface area contributed by atoms with Gasteiger partial charge in [-0.3, -0.25) is 9.59 Å². The molecule has 0 unspecified atom stereocenters. The van der Waals surface area contributed by atoms with Crippen molar-refractivity contribution in [2.75, 3.05) is 45.8 Å². The molecule has 3 rings (SSSR count). The molecular weight excluding hydrogens is 464 g/mol. The molecule has 3 N–H and O–H groups in total. The maximum Gasteiger partial charge on any atom is 0.253 e. The average molecular weight is 509 g/mol. The Bertz CT molecular complexity index is 956. The number of rotatable bonds is 15. The molecule has 2 atom stereocenters. The summed E-state index contributed by atoms with van der Waals surface area (Å²) in [6, 6.07) is 16.3. The summed E-state index contributed by atoms with van der Waals surface area (Å²) >= 11 is 0. The molecular formula is C30H44N4O3. The summed E-state index contributed by atoms with van der Waals surface area (Å²) in [5, 5.41) is 17.4. The Morgan fingerprint density at radius 1 is 0.973 bits per heavy atom. The molecule has 1 aliphatic rings. The molecule has 0 saturated carbocycles. The molecule has 37 heavy (non-hydrogen) atoms. The Morgan fingerprint density at radius 2 is 1.65 bits per heavy atom. The second-order valence-corrected chi connectivity index (χ2v) is 9.96. The average Bonchev–Trinajstić information content (AvgIpc) is 3.44. The SMILES string of the molecule is CCCN(CCC)C(=O)c1cccc(C(=O)N[C@@H](Cc2ccccc2)[C@H](O)CNCCN2CCCC2)c1. The van der Waals surface area contributed by atoms with Gasteiger partial charge in [-0.2, -0.15) is 0 Å². The molecule has 0 bridgehead atoms. The van der Waals surface area contributed by atoms with Crippen molar-refractivity contribution in [1.29, 1.82) is 0 Å². The van der Waals surface area contributed by atoms with E-state index < -0.39 is 12.1 Å². The number of aliphatic hydroxyl groups excluding tert-OH is 1. The largest absolute Gasteiger partial charge is 0.390 e. The van der Waals surface area contributed by atoms with Gasteiger partial charge >= 0.3 is 0 Å². The van der Waals surface area contributed by atoms with Crippen molar-refractivity contribution in [3.63, 3.8) is 0 Å². The van der Waals surface area contributed by atoms with Gasteiger partial charge in [0.25, 0.3) is 11.8 Å². The van der Waals surface area contributed by atoms with E-state index in [2.05, 4.69) is 29.4 Å². The Balaban J connectivity index is 1.65. The van der Waals surface area contributed by atoms with E-state index in [9.17, 15) is 14.7 Å². The first-order chi connectivity index (χ1) is 18.0. The topological polar surface area (TPSA) is 84.9 Å². The molecule has 1 fully saturated rings. The van der Waals surface area contributed by atoms with Crippen molar-refractivity contribution >= 4 is 11.8 Å². The second kappa shape index (κ2) is 15.5. The molecule has 2 aromatic rings. The maximum absolute atomic E-state index is 13.3. The molecule has 7 heteroatoms. The molecule has 0 aliphatic carbocycles. The number of hydrogen-bond donors (Lipinski definition) is 3. The Kier molecular flexibility index (Phi) is 12.1. The van der Waals surface area contributed by atoms with Crippen LogP contribution in [-0.4, -0.2) is 84.7 Å². The third-order valence-corrected chi connectivity index (χ3v) is 6.88. The van der Waals surface area contributed by atoms with E-state index >= 15 is 0 Å². The monoisotopic (exact) mass is 508 g/mol. The normalized spacial score (nSPS) is 15.3. The molecule has 1 heterocycles. The van der Waals surface area contributed by atoms with Crippen LogP contribution >= 0.6 is 0 Å². The molecule has 0 spiro atoms. The van der Waals surface area contributed by atoms with Gasteiger partial charge in [-0.05, 0) is 69.0 Å².